The zero-order valence-corrected chi connectivity index (χ0v) is 22.7. The van der Waals surface area contributed by atoms with E-state index in [1.807, 2.05) is 24.3 Å². The van der Waals surface area contributed by atoms with E-state index in [1.54, 1.807) is 0 Å². The number of nitrogens with zero attached hydrogens (tertiary/aromatic N) is 3. The molecule has 1 atom stereocenters. The van der Waals surface area contributed by atoms with Gasteiger partial charge in [-0.2, -0.15) is 0 Å². The Labute approximate surface area is 236 Å². The van der Waals surface area contributed by atoms with Crippen LogP contribution in [0.4, 0.5) is 27.4 Å². The number of anilines is 4. The largest absolute Gasteiger partial charge is 0.481 e. The van der Waals surface area contributed by atoms with Crippen molar-refractivity contribution in [2.45, 2.75) is 44.6 Å². The van der Waals surface area contributed by atoms with Gasteiger partial charge in [0.25, 0.3) is 5.91 Å². The van der Waals surface area contributed by atoms with Gasteiger partial charge in [-0.25, -0.2) is 14.4 Å². The van der Waals surface area contributed by atoms with Crippen molar-refractivity contribution in [3.05, 3.63) is 70.8 Å². The third-order valence-corrected chi connectivity index (χ3v) is 7.69. The highest BCUT2D eigenvalue weighted by molar-refractivity contribution is 6.34. The minimum absolute atomic E-state index is 0.0891. The van der Waals surface area contributed by atoms with Gasteiger partial charge >= 0.3 is 5.97 Å². The Morgan fingerprint density at radius 1 is 1.12 bits per heavy atom. The molecule has 40 heavy (non-hydrogen) atoms. The lowest BCUT2D eigenvalue weighted by molar-refractivity contribution is -0.142. The summed E-state index contributed by atoms with van der Waals surface area (Å²) in [5.41, 5.74) is 2.46. The molecule has 1 unspecified atom stereocenters. The molecule has 0 saturated carbocycles. The Kier molecular flexibility index (Phi) is 8.76. The lowest BCUT2D eigenvalue weighted by atomic mass is 9.97. The molecule has 2 fully saturated rings. The van der Waals surface area contributed by atoms with Crippen molar-refractivity contribution in [3.63, 3.8) is 0 Å². The Bertz CT molecular complexity index is 1340. The molecule has 2 aliphatic heterocycles. The van der Waals surface area contributed by atoms with Gasteiger partial charge in [0.15, 0.2) is 0 Å². The van der Waals surface area contributed by atoms with Crippen LogP contribution in [0, 0.1) is 11.7 Å². The monoisotopic (exact) mass is 567 g/mol. The fourth-order valence-electron chi connectivity index (χ4n) is 5.09. The predicted molar refractivity (Wildman–Crippen MR) is 151 cm³/mol. The second-order valence-electron chi connectivity index (χ2n) is 10.0. The van der Waals surface area contributed by atoms with Crippen molar-refractivity contribution >= 4 is 46.5 Å². The van der Waals surface area contributed by atoms with Crippen molar-refractivity contribution in [3.8, 4) is 0 Å². The lowest BCUT2D eigenvalue weighted by Crippen LogP contribution is -2.36. The number of carboxylic acids is 1. The lowest BCUT2D eigenvalue weighted by Gasteiger charge is -2.32. The fraction of sp³-hybridized carbons (Fsp3) is 0.379. The number of hydrogen-bond acceptors (Lipinski definition) is 7. The first-order valence-electron chi connectivity index (χ1n) is 13.4. The van der Waals surface area contributed by atoms with Gasteiger partial charge in [-0.05, 0) is 74.9 Å². The first-order valence-corrected chi connectivity index (χ1v) is 13.8. The zero-order chi connectivity index (χ0) is 28.1. The maximum atomic E-state index is 14.3. The molecule has 3 N–H and O–H groups in total. The number of ether oxygens (including phenoxy) is 1. The molecular formula is C29H31ClFN5O4. The molecule has 1 aromatic heterocycles. The highest BCUT2D eigenvalue weighted by Crippen LogP contribution is 2.28. The quantitative estimate of drug-likeness (QED) is 0.302. The van der Waals surface area contributed by atoms with Crippen LogP contribution in [0.25, 0.3) is 0 Å². The number of hydrogen-bond donors (Lipinski definition) is 3. The molecule has 11 heteroatoms. The molecule has 1 amide bonds. The molecule has 9 nitrogen and oxygen atoms in total. The number of amides is 1. The number of nitrogens with one attached hydrogen (secondary N) is 2. The van der Waals surface area contributed by atoms with Gasteiger partial charge < -0.3 is 25.4 Å². The van der Waals surface area contributed by atoms with E-state index < -0.39 is 17.7 Å². The van der Waals surface area contributed by atoms with Crippen LogP contribution in [0.15, 0.2) is 48.7 Å². The summed E-state index contributed by atoms with van der Waals surface area (Å²) in [5.74, 6) is -1.85. The first-order chi connectivity index (χ1) is 19.4. The van der Waals surface area contributed by atoms with Crippen LogP contribution in [0.3, 0.4) is 0 Å². The number of aliphatic carboxylic acids is 1. The van der Waals surface area contributed by atoms with Crippen LogP contribution in [0.5, 0.6) is 0 Å². The van der Waals surface area contributed by atoms with Gasteiger partial charge in [0.2, 0.25) is 5.95 Å². The number of carbonyl (C=O) groups is 2. The van der Waals surface area contributed by atoms with E-state index in [0.29, 0.717) is 50.4 Å². The molecule has 3 aromatic rings. The first kappa shape index (κ1) is 27.8. The van der Waals surface area contributed by atoms with Crippen LogP contribution in [-0.2, 0) is 16.0 Å². The summed E-state index contributed by atoms with van der Waals surface area (Å²) < 4.78 is 20.0. The summed E-state index contributed by atoms with van der Waals surface area (Å²) in [6.45, 7) is 2.12. The number of para-hydroxylation sites is 1. The molecule has 0 aliphatic carbocycles. The van der Waals surface area contributed by atoms with Crippen molar-refractivity contribution in [1.29, 1.82) is 0 Å². The summed E-state index contributed by atoms with van der Waals surface area (Å²) in [5, 5.41) is 15.1. The molecule has 2 aromatic carbocycles. The van der Waals surface area contributed by atoms with E-state index in [0.717, 1.165) is 30.8 Å². The highest BCUT2D eigenvalue weighted by Gasteiger charge is 2.25. The molecule has 210 valence electrons. The van der Waals surface area contributed by atoms with E-state index >= 15 is 0 Å². The molecular weight excluding hydrogens is 537 g/mol. The number of benzene rings is 2. The smallest absolute Gasteiger partial charge is 0.306 e. The highest BCUT2D eigenvalue weighted by atomic mass is 35.5. The third kappa shape index (κ3) is 6.68. The van der Waals surface area contributed by atoms with E-state index in [-0.39, 0.29) is 28.3 Å². The number of halogens is 2. The van der Waals surface area contributed by atoms with E-state index in [2.05, 4.69) is 25.5 Å². The number of piperidine rings is 1. The van der Waals surface area contributed by atoms with Crippen LogP contribution in [0.1, 0.15) is 48.2 Å². The average Bonchev–Trinajstić information content (AvgIpc) is 3.48. The van der Waals surface area contributed by atoms with Gasteiger partial charge in [-0.1, -0.05) is 17.7 Å². The Hall–Kier alpha value is -3.76. The van der Waals surface area contributed by atoms with Crippen LogP contribution >= 0.6 is 11.6 Å². The van der Waals surface area contributed by atoms with Crippen LogP contribution in [0.2, 0.25) is 5.02 Å². The number of aryl methyl sites for hydroxylation is 1. The maximum Gasteiger partial charge on any atom is 0.306 e. The zero-order valence-electron chi connectivity index (χ0n) is 21.9. The van der Waals surface area contributed by atoms with Gasteiger partial charge in [0.05, 0.1) is 34.0 Å². The van der Waals surface area contributed by atoms with Gasteiger partial charge in [-0.3, -0.25) is 9.59 Å². The van der Waals surface area contributed by atoms with Crippen molar-refractivity contribution in [2.75, 3.05) is 35.2 Å². The van der Waals surface area contributed by atoms with Gasteiger partial charge in [0.1, 0.15) is 5.82 Å². The molecule has 0 spiro atoms. The number of carbonyl (C=O) groups excluding carboxylic acids is 1. The molecule has 0 radical (unpaired) electrons. The van der Waals surface area contributed by atoms with Crippen molar-refractivity contribution in [2.24, 2.45) is 5.92 Å². The summed E-state index contributed by atoms with van der Waals surface area (Å²) in [6.07, 6.45) is 5.95. The minimum Gasteiger partial charge on any atom is -0.481 e. The average molecular weight is 568 g/mol. The normalized spacial score (nSPS) is 17.6. The van der Waals surface area contributed by atoms with Crippen molar-refractivity contribution in [1.82, 2.24) is 9.97 Å². The van der Waals surface area contributed by atoms with Crippen LogP contribution < -0.4 is 15.5 Å². The number of carboxylic acid groups (broad SMARTS) is 1. The van der Waals surface area contributed by atoms with E-state index in [4.69, 9.17) is 16.3 Å². The second kappa shape index (κ2) is 12.6. The van der Waals surface area contributed by atoms with Crippen LogP contribution in [-0.4, -0.2) is 52.8 Å². The SMILES string of the molecule is O=C(Nc1c(F)cccc1Cl)c1cnc(Nc2ccc(N3CCC(C(=O)O)CC3)cc2)nc1CCC1CCCO1. The molecule has 3 heterocycles. The standard InChI is InChI=1S/C29H31ClFN5O4/c30-23-4-1-5-24(31)26(23)35-27(37)22-17-32-29(34-25(22)11-10-21-3-2-16-40-21)33-19-6-8-20(9-7-19)36-14-12-18(13-15-36)28(38)39/h1,4-9,17-18,21H,2-3,10-16H2,(H,35,37)(H,38,39)(H,32,33,34). The summed E-state index contributed by atoms with van der Waals surface area (Å²) >= 11 is 6.10. The van der Waals surface area contributed by atoms with Crippen molar-refractivity contribution < 1.29 is 23.8 Å². The Balaban J connectivity index is 1.30. The summed E-state index contributed by atoms with van der Waals surface area (Å²) in [7, 11) is 0. The molecule has 2 saturated heterocycles. The summed E-state index contributed by atoms with van der Waals surface area (Å²) in [4.78, 5) is 35.5. The van der Waals surface area contributed by atoms with Gasteiger partial charge in [-0.15, -0.1) is 0 Å². The number of aromatic nitrogens is 2. The molecule has 2 aliphatic rings. The number of rotatable bonds is 9. The second-order valence-corrected chi connectivity index (χ2v) is 10.5. The molecule has 5 rings (SSSR count). The Morgan fingerprint density at radius 3 is 2.58 bits per heavy atom. The fourth-order valence-corrected chi connectivity index (χ4v) is 5.30. The van der Waals surface area contributed by atoms with E-state index in [9.17, 15) is 19.1 Å². The predicted octanol–water partition coefficient (Wildman–Crippen LogP) is 5.68. The van der Waals surface area contributed by atoms with E-state index in [1.165, 1.54) is 24.4 Å². The Morgan fingerprint density at radius 2 is 1.90 bits per heavy atom. The summed E-state index contributed by atoms with van der Waals surface area (Å²) in [6, 6.07) is 12.0. The topological polar surface area (TPSA) is 117 Å². The minimum atomic E-state index is -0.728. The third-order valence-electron chi connectivity index (χ3n) is 7.37. The molecule has 0 bridgehead atoms. The maximum absolute atomic E-state index is 14.3. The van der Waals surface area contributed by atoms with Gasteiger partial charge in [0, 0.05) is 37.3 Å².